The molecule has 8 nitrogen and oxygen atoms in total. The van der Waals surface area contributed by atoms with Crippen LogP contribution in [0.3, 0.4) is 0 Å². The number of nitrogens with one attached hydrogen (secondary N) is 1. The highest BCUT2D eigenvalue weighted by Crippen LogP contribution is 2.27. The number of azo groups is 1. The molecule has 0 saturated heterocycles. The Morgan fingerprint density at radius 1 is 0.967 bits per heavy atom. The summed E-state index contributed by atoms with van der Waals surface area (Å²) in [6.07, 6.45) is 4.12. The van der Waals surface area contributed by atoms with Gasteiger partial charge in [0.1, 0.15) is 11.4 Å². The lowest BCUT2D eigenvalue weighted by Crippen LogP contribution is -2.24. The molecule has 160 valence electrons. The molecule has 8 heteroatoms. The molecule has 0 fully saturated rings. The van der Waals surface area contributed by atoms with Crippen molar-refractivity contribution < 1.29 is 24.9 Å². The minimum Gasteiger partial charge on any atom is -0.508 e. The summed E-state index contributed by atoms with van der Waals surface area (Å²) in [5.41, 5.74) is 1.30. The van der Waals surface area contributed by atoms with Crippen LogP contribution >= 0.6 is 0 Å². The molecule has 0 radical (unpaired) electrons. The van der Waals surface area contributed by atoms with E-state index in [4.69, 9.17) is 5.11 Å². The van der Waals surface area contributed by atoms with Gasteiger partial charge in [0.25, 0.3) is 0 Å². The van der Waals surface area contributed by atoms with E-state index >= 15 is 0 Å². The third-order valence-electron chi connectivity index (χ3n) is 4.50. The molecule has 0 bridgehead atoms. The molecule has 0 aliphatic heterocycles. The lowest BCUT2D eigenvalue weighted by Gasteiger charge is -2.07. The number of phenolic OH excluding ortho intramolecular Hbond substituents is 1. The number of aliphatic hydroxyl groups excluding tert-OH is 1. The molecular weight excluding hydrogens is 386 g/mol. The number of unbranched alkanes of at least 4 members (excludes halogenated alkanes) is 3. The van der Waals surface area contributed by atoms with Gasteiger partial charge in [0, 0.05) is 19.6 Å². The Morgan fingerprint density at radius 2 is 1.73 bits per heavy atom. The average molecular weight is 413 g/mol. The molecule has 2 aromatic carbocycles. The lowest BCUT2D eigenvalue weighted by molar-refractivity contribution is -0.121. The molecule has 0 aliphatic carbocycles. The van der Waals surface area contributed by atoms with E-state index in [0.29, 0.717) is 24.2 Å². The SMILES string of the molecule is O=C(CCc1cc(N=Nc2ccccc2C(=O)O)ccc1O)NCCCCCCO. The number of aryl methyl sites for hydroxylation is 1. The van der Waals surface area contributed by atoms with E-state index in [1.54, 1.807) is 30.3 Å². The van der Waals surface area contributed by atoms with Crippen molar-refractivity contribution in [1.29, 1.82) is 0 Å². The van der Waals surface area contributed by atoms with Crippen molar-refractivity contribution in [2.24, 2.45) is 10.2 Å². The second-order valence-corrected chi connectivity index (χ2v) is 6.82. The Labute approximate surface area is 175 Å². The van der Waals surface area contributed by atoms with Gasteiger partial charge in [-0.2, -0.15) is 5.11 Å². The van der Waals surface area contributed by atoms with Crippen molar-refractivity contribution in [2.45, 2.75) is 38.5 Å². The standard InChI is InChI=1S/C22H27N3O5/c26-14-6-2-1-5-13-23-21(28)12-9-16-15-17(10-11-20(16)27)24-25-19-8-4-3-7-18(19)22(29)30/h3-4,7-8,10-11,15,26-27H,1-2,5-6,9,12-14H2,(H,23,28)(H,29,30). The number of carboxylic acid groups (broad SMARTS) is 1. The molecule has 0 aromatic heterocycles. The monoisotopic (exact) mass is 413 g/mol. The first-order valence-electron chi connectivity index (χ1n) is 9.94. The molecule has 0 saturated carbocycles. The maximum Gasteiger partial charge on any atom is 0.337 e. The number of carbonyl (C=O) groups is 2. The van der Waals surface area contributed by atoms with Crippen LogP contribution in [0.2, 0.25) is 0 Å². The molecule has 0 spiro atoms. The minimum atomic E-state index is -1.09. The number of hydrogen-bond donors (Lipinski definition) is 4. The third kappa shape index (κ3) is 7.63. The molecule has 30 heavy (non-hydrogen) atoms. The second kappa shape index (κ2) is 12.3. The van der Waals surface area contributed by atoms with Crippen LogP contribution in [0.1, 0.15) is 48.0 Å². The normalized spacial score (nSPS) is 11.0. The van der Waals surface area contributed by atoms with E-state index in [0.717, 1.165) is 25.7 Å². The molecule has 0 aliphatic rings. The molecule has 1 amide bonds. The highest BCUT2D eigenvalue weighted by atomic mass is 16.4. The fraction of sp³-hybridized carbons (Fsp3) is 0.364. The number of amides is 1. The van der Waals surface area contributed by atoms with Crippen molar-refractivity contribution in [1.82, 2.24) is 5.32 Å². The molecule has 4 N–H and O–H groups in total. The summed E-state index contributed by atoms with van der Waals surface area (Å²) in [7, 11) is 0. The van der Waals surface area contributed by atoms with Crippen LogP contribution in [0.25, 0.3) is 0 Å². The summed E-state index contributed by atoms with van der Waals surface area (Å²) in [4.78, 5) is 23.2. The summed E-state index contributed by atoms with van der Waals surface area (Å²) < 4.78 is 0. The predicted molar refractivity (Wildman–Crippen MR) is 113 cm³/mol. The van der Waals surface area contributed by atoms with Crippen LogP contribution in [0.5, 0.6) is 5.75 Å². The van der Waals surface area contributed by atoms with Crippen LogP contribution < -0.4 is 5.32 Å². The third-order valence-corrected chi connectivity index (χ3v) is 4.50. The number of benzene rings is 2. The van der Waals surface area contributed by atoms with Crippen molar-refractivity contribution in [2.75, 3.05) is 13.2 Å². The zero-order valence-corrected chi connectivity index (χ0v) is 16.8. The van der Waals surface area contributed by atoms with E-state index < -0.39 is 5.97 Å². The number of carboxylic acids is 1. The lowest BCUT2D eigenvalue weighted by atomic mass is 10.1. The Bertz CT molecular complexity index is 883. The Kier molecular flexibility index (Phi) is 9.47. The van der Waals surface area contributed by atoms with Crippen LogP contribution in [-0.4, -0.2) is 40.3 Å². The Balaban J connectivity index is 1.91. The maximum atomic E-state index is 12.0. The molecule has 0 heterocycles. The smallest absolute Gasteiger partial charge is 0.337 e. The number of nitrogens with zero attached hydrogens (tertiary/aromatic N) is 2. The fourth-order valence-corrected chi connectivity index (χ4v) is 2.84. The Morgan fingerprint density at radius 3 is 2.50 bits per heavy atom. The zero-order chi connectivity index (χ0) is 21.8. The molecular formula is C22H27N3O5. The average Bonchev–Trinajstić information content (AvgIpc) is 2.74. The fourth-order valence-electron chi connectivity index (χ4n) is 2.84. The number of hydrogen-bond acceptors (Lipinski definition) is 6. The number of aromatic hydroxyl groups is 1. The van der Waals surface area contributed by atoms with E-state index in [1.165, 1.54) is 12.1 Å². The quantitative estimate of drug-likeness (QED) is 0.307. The van der Waals surface area contributed by atoms with Gasteiger partial charge in [-0.15, -0.1) is 5.11 Å². The summed E-state index contributed by atoms with van der Waals surface area (Å²) in [6.45, 7) is 0.786. The molecule has 0 unspecified atom stereocenters. The van der Waals surface area contributed by atoms with Crippen LogP contribution in [0, 0.1) is 0 Å². The van der Waals surface area contributed by atoms with Gasteiger partial charge in [0.05, 0.1) is 11.3 Å². The van der Waals surface area contributed by atoms with Crippen LogP contribution in [-0.2, 0) is 11.2 Å². The van der Waals surface area contributed by atoms with Gasteiger partial charge in [-0.3, -0.25) is 4.79 Å². The van der Waals surface area contributed by atoms with Gasteiger partial charge in [0.15, 0.2) is 0 Å². The van der Waals surface area contributed by atoms with Crippen molar-refractivity contribution in [3.63, 3.8) is 0 Å². The van der Waals surface area contributed by atoms with Crippen LogP contribution in [0.4, 0.5) is 11.4 Å². The minimum absolute atomic E-state index is 0.0493. The zero-order valence-electron chi connectivity index (χ0n) is 16.8. The molecule has 2 rings (SSSR count). The van der Waals surface area contributed by atoms with Gasteiger partial charge in [0.2, 0.25) is 5.91 Å². The van der Waals surface area contributed by atoms with Crippen molar-refractivity contribution in [3.8, 4) is 5.75 Å². The van der Waals surface area contributed by atoms with Crippen molar-refractivity contribution >= 4 is 23.3 Å². The second-order valence-electron chi connectivity index (χ2n) is 6.82. The summed E-state index contributed by atoms with van der Waals surface area (Å²) >= 11 is 0. The van der Waals surface area contributed by atoms with E-state index in [2.05, 4.69) is 15.5 Å². The number of rotatable bonds is 12. The highest BCUT2D eigenvalue weighted by molar-refractivity contribution is 5.93. The topological polar surface area (TPSA) is 132 Å². The van der Waals surface area contributed by atoms with Crippen LogP contribution in [0.15, 0.2) is 52.7 Å². The van der Waals surface area contributed by atoms with Gasteiger partial charge >= 0.3 is 5.97 Å². The van der Waals surface area contributed by atoms with Gasteiger partial charge in [-0.25, -0.2) is 4.79 Å². The first-order valence-corrected chi connectivity index (χ1v) is 9.94. The number of aromatic carboxylic acids is 1. The van der Waals surface area contributed by atoms with E-state index in [-0.39, 0.29) is 35.9 Å². The number of aliphatic hydroxyl groups is 1. The molecule has 0 atom stereocenters. The number of phenols is 1. The first kappa shape index (κ1) is 23.0. The summed E-state index contributed by atoms with van der Waals surface area (Å²) in [5.74, 6) is -1.12. The van der Waals surface area contributed by atoms with Gasteiger partial charge in [-0.1, -0.05) is 25.0 Å². The highest BCUT2D eigenvalue weighted by Gasteiger charge is 2.09. The Hall–Kier alpha value is -3.26. The van der Waals surface area contributed by atoms with E-state index in [1.807, 2.05) is 0 Å². The first-order chi connectivity index (χ1) is 14.5. The van der Waals surface area contributed by atoms with Crippen molar-refractivity contribution in [3.05, 3.63) is 53.6 Å². The number of carbonyl (C=O) groups excluding carboxylic acids is 1. The maximum absolute atomic E-state index is 12.0. The van der Waals surface area contributed by atoms with Gasteiger partial charge in [-0.05, 0) is 55.2 Å². The summed E-state index contributed by atoms with van der Waals surface area (Å²) in [5, 5.41) is 38.9. The van der Waals surface area contributed by atoms with Gasteiger partial charge < -0.3 is 20.6 Å². The molecule has 2 aromatic rings. The predicted octanol–water partition coefficient (Wildman–Crippen LogP) is 4.11. The summed E-state index contributed by atoms with van der Waals surface area (Å²) in [6, 6.07) is 11.0. The van der Waals surface area contributed by atoms with E-state index in [9.17, 15) is 19.8 Å². The largest absolute Gasteiger partial charge is 0.508 e.